The Hall–Kier alpha value is -2.57. The number of unbranched alkanes of at least 4 members (excludes halogenated alkanes) is 12. The van der Waals surface area contributed by atoms with E-state index < -0.39 is 34.2 Å². The molecule has 0 N–H and O–H groups in total. The number of hydrogen-bond acceptors (Lipinski definition) is 8. The molecule has 0 heterocycles. The fraction of sp³-hybridized carbons (Fsp3) is 0.579. The summed E-state index contributed by atoms with van der Waals surface area (Å²) in [6.07, 6.45) is 24.6. The number of hydrogen-bond donors (Lipinski definition) is 0. The van der Waals surface area contributed by atoms with Gasteiger partial charge in [-0.25, -0.2) is 0 Å². The molecule has 0 aliphatic rings. The van der Waals surface area contributed by atoms with Crippen molar-refractivity contribution in [1.82, 2.24) is 0 Å². The van der Waals surface area contributed by atoms with E-state index in [0.29, 0.717) is 5.41 Å². The van der Waals surface area contributed by atoms with Crippen LogP contribution in [-0.4, -0.2) is 91.1 Å². The second-order valence-corrected chi connectivity index (χ2v) is 32.9. The van der Waals surface area contributed by atoms with E-state index in [1.165, 1.54) is 123 Å². The SMILES string of the molecule is CO[Si](CCCCCCC(CCCCCC[Si](OC)(OC)c1ccccc1)(CCCCCC[Si](OC)(OC)c1ccccc1)CCCCCC[Si](OC)(OC)c1ccccc1)(OC)c1ccccc1. The van der Waals surface area contributed by atoms with E-state index in [9.17, 15) is 0 Å². The van der Waals surface area contributed by atoms with Gasteiger partial charge in [-0.1, -0.05) is 224 Å². The molecule has 0 saturated heterocycles. The second kappa shape index (κ2) is 32.5. The first-order chi connectivity index (χ1) is 33.7. The fourth-order valence-corrected chi connectivity index (χ4v) is 22.0. The molecular weight excluding hydrogens is 925 g/mol. The van der Waals surface area contributed by atoms with Crippen LogP contribution in [-0.2, 0) is 35.4 Å². The molecule has 69 heavy (non-hydrogen) atoms. The standard InChI is InChI=1S/C57H92O8Si4/c1-58-66(59-2,53-37-21-17-22-38-53)49-33-13-9-29-45-57(46-30-10-14-34-50-67(60-3,61-4)54-39-23-18-24-40-54,47-31-11-15-35-51-68(62-5,63-6)55-41-25-19-26-42-55)48-32-12-16-36-52-69(64-7,65-8)56-43-27-20-28-44-56/h17-28,37-44H,9-16,29-36,45-52H2,1-8H3. The van der Waals surface area contributed by atoms with Gasteiger partial charge < -0.3 is 35.4 Å². The Morgan fingerprint density at radius 2 is 0.420 bits per heavy atom. The third kappa shape index (κ3) is 17.9. The lowest BCUT2D eigenvalue weighted by Crippen LogP contribution is -2.52. The van der Waals surface area contributed by atoms with Crippen LogP contribution in [0, 0.1) is 5.41 Å². The third-order valence-electron chi connectivity index (χ3n) is 15.3. The molecule has 4 aromatic rings. The largest absolute Gasteiger partial charge is 0.394 e. The zero-order valence-corrected chi connectivity index (χ0v) is 48.3. The van der Waals surface area contributed by atoms with Gasteiger partial charge in [0.1, 0.15) is 0 Å². The zero-order valence-electron chi connectivity index (χ0n) is 44.3. The van der Waals surface area contributed by atoms with Crippen molar-refractivity contribution in [2.24, 2.45) is 5.41 Å². The van der Waals surface area contributed by atoms with Crippen molar-refractivity contribution in [2.45, 2.75) is 153 Å². The van der Waals surface area contributed by atoms with Gasteiger partial charge in [0.2, 0.25) is 0 Å². The Balaban J connectivity index is 1.44. The minimum atomic E-state index is -2.45. The highest BCUT2D eigenvalue weighted by Gasteiger charge is 2.40. The van der Waals surface area contributed by atoms with E-state index >= 15 is 0 Å². The van der Waals surface area contributed by atoms with Crippen LogP contribution in [0.3, 0.4) is 0 Å². The summed E-state index contributed by atoms with van der Waals surface area (Å²) in [5.41, 5.74) is 0.340. The molecule has 0 unspecified atom stereocenters. The summed E-state index contributed by atoms with van der Waals surface area (Å²) < 4.78 is 49.5. The van der Waals surface area contributed by atoms with Gasteiger partial charge in [-0.3, -0.25) is 0 Å². The average molecular weight is 1020 g/mol. The normalized spacial score (nSPS) is 12.8. The van der Waals surface area contributed by atoms with Crippen molar-refractivity contribution in [3.8, 4) is 0 Å². The maximum absolute atomic E-state index is 6.19. The summed E-state index contributed by atoms with van der Waals surface area (Å²) in [6.45, 7) is 0. The Morgan fingerprint density at radius 1 is 0.246 bits per heavy atom. The van der Waals surface area contributed by atoms with Crippen molar-refractivity contribution in [3.63, 3.8) is 0 Å². The van der Waals surface area contributed by atoms with E-state index in [0.717, 1.165) is 49.9 Å². The van der Waals surface area contributed by atoms with Gasteiger partial charge in [0.15, 0.2) is 0 Å². The first-order valence-electron chi connectivity index (χ1n) is 26.4. The molecule has 0 bridgehead atoms. The Morgan fingerprint density at radius 3 is 0.594 bits per heavy atom. The molecule has 0 fully saturated rings. The molecule has 0 aliphatic carbocycles. The molecule has 0 saturated carbocycles. The first-order valence-corrected chi connectivity index (χ1v) is 34.5. The van der Waals surface area contributed by atoms with Crippen LogP contribution in [0.4, 0.5) is 0 Å². The number of benzene rings is 4. The third-order valence-corrected chi connectivity index (χ3v) is 29.5. The molecule has 4 rings (SSSR count). The molecule has 8 nitrogen and oxygen atoms in total. The van der Waals surface area contributed by atoms with Crippen molar-refractivity contribution in [3.05, 3.63) is 121 Å². The molecule has 4 aromatic carbocycles. The maximum Gasteiger partial charge on any atom is 0.371 e. The summed E-state index contributed by atoms with van der Waals surface area (Å²) >= 11 is 0. The van der Waals surface area contributed by atoms with Crippen LogP contribution in [0.25, 0.3) is 0 Å². The summed E-state index contributed by atoms with van der Waals surface area (Å²) in [6, 6.07) is 46.5. The molecule has 0 radical (unpaired) electrons. The van der Waals surface area contributed by atoms with E-state index in [2.05, 4.69) is 121 Å². The molecule has 0 aromatic heterocycles. The lowest BCUT2D eigenvalue weighted by molar-refractivity contribution is 0.171. The van der Waals surface area contributed by atoms with E-state index in [1.807, 2.05) is 56.9 Å². The van der Waals surface area contributed by atoms with Crippen LogP contribution < -0.4 is 20.7 Å². The predicted molar refractivity (Wildman–Crippen MR) is 297 cm³/mol. The van der Waals surface area contributed by atoms with Gasteiger partial charge in [0, 0.05) is 56.9 Å². The first kappa shape index (κ1) is 59.0. The van der Waals surface area contributed by atoms with Crippen LogP contribution in [0.15, 0.2) is 121 Å². The van der Waals surface area contributed by atoms with Gasteiger partial charge in [-0.2, -0.15) is 0 Å². The monoisotopic (exact) mass is 1020 g/mol. The Kier molecular flexibility index (Phi) is 27.8. The molecule has 0 amide bonds. The Labute approximate surface area is 424 Å². The topological polar surface area (TPSA) is 73.8 Å². The van der Waals surface area contributed by atoms with Gasteiger partial charge >= 0.3 is 34.2 Å². The minimum absolute atomic E-state index is 0.340. The smallest absolute Gasteiger partial charge is 0.371 e. The van der Waals surface area contributed by atoms with E-state index in [4.69, 9.17) is 35.4 Å². The average Bonchev–Trinajstić information content (AvgIpc) is 3.41. The summed E-state index contributed by atoms with van der Waals surface area (Å²) in [4.78, 5) is 0. The van der Waals surface area contributed by atoms with Crippen molar-refractivity contribution in [2.75, 3.05) is 56.9 Å². The molecule has 0 atom stereocenters. The summed E-state index contributed by atoms with van der Waals surface area (Å²) in [5.74, 6) is 0. The quantitative estimate of drug-likeness (QED) is 0.0322. The highest BCUT2D eigenvalue weighted by molar-refractivity contribution is 6.82. The molecule has 12 heteroatoms. The van der Waals surface area contributed by atoms with Crippen molar-refractivity contribution < 1.29 is 35.4 Å². The van der Waals surface area contributed by atoms with Crippen LogP contribution in [0.1, 0.15) is 128 Å². The zero-order chi connectivity index (χ0) is 49.6. The minimum Gasteiger partial charge on any atom is -0.394 e. The second-order valence-electron chi connectivity index (χ2n) is 19.3. The number of rotatable bonds is 40. The van der Waals surface area contributed by atoms with Crippen LogP contribution in [0.2, 0.25) is 24.2 Å². The van der Waals surface area contributed by atoms with Gasteiger partial charge in [-0.15, -0.1) is 0 Å². The van der Waals surface area contributed by atoms with Crippen LogP contribution in [0.5, 0.6) is 0 Å². The van der Waals surface area contributed by atoms with Gasteiger partial charge in [-0.05, 0) is 76.0 Å². The van der Waals surface area contributed by atoms with E-state index in [1.54, 1.807) is 0 Å². The molecule has 0 aliphatic heterocycles. The lowest BCUT2D eigenvalue weighted by Gasteiger charge is -2.35. The van der Waals surface area contributed by atoms with Gasteiger partial charge in [0.05, 0.1) is 0 Å². The van der Waals surface area contributed by atoms with Crippen molar-refractivity contribution >= 4 is 55.0 Å². The highest BCUT2D eigenvalue weighted by Crippen LogP contribution is 2.42. The van der Waals surface area contributed by atoms with Crippen molar-refractivity contribution in [1.29, 1.82) is 0 Å². The molecular formula is C57H92O8Si4. The van der Waals surface area contributed by atoms with E-state index in [-0.39, 0.29) is 0 Å². The van der Waals surface area contributed by atoms with Crippen LogP contribution >= 0.6 is 0 Å². The summed E-state index contributed by atoms with van der Waals surface area (Å²) in [7, 11) is 4.87. The lowest BCUT2D eigenvalue weighted by atomic mass is 9.70. The maximum atomic E-state index is 6.19. The molecule has 0 spiro atoms. The predicted octanol–water partition coefficient (Wildman–Crippen LogP) is 12.3. The molecule has 384 valence electrons. The Bertz CT molecular complexity index is 1590. The highest BCUT2D eigenvalue weighted by atomic mass is 28.4. The fourth-order valence-electron chi connectivity index (χ4n) is 11.0. The van der Waals surface area contributed by atoms with Gasteiger partial charge in [0.25, 0.3) is 0 Å². The summed E-state index contributed by atoms with van der Waals surface area (Å²) in [5, 5.41) is 4.89.